The maximum Gasteiger partial charge on any atom is 0.310 e. The van der Waals surface area contributed by atoms with E-state index >= 15 is 0 Å². The Morgan fingerprint density at radius 3 is 2.71 bits per heavy atom. The van der Waals surface area contributed by atoms with Gasteiger partial charge in [-0.3, -0.25) is 9.59 Å². The van der Waals surface area contributed by atoms with Crippen molar-refractivity contribution in [2.24, 2.45) is 0 Å². The smallest absolute Gasteiger partial charge is 0.310 e. The van der Waals surface area contributed by atoms with Crippen LogP contribution < -0.4 is 5.56 Å². The van der Waals surface area contributed by atoms with E-state index in [1.807, 2.05) is 48.5 Å². The highest BCUT2D eigenvalue weighted by Gasteiger charge is 2.18. The maximum absolute atomic E-state index is 12.6. The number of pyridine rings is 1. The van der Waals surface area contributed by atoms with Crippen molar-refractivity contribution >= 4 is 32.8 Å². The molecule has 0 atom stereocenters. The molecule has 5 heteroatoms. The van der Waals surface area contributed by atoms with E-state index in [0.717, 1.165) is 26.5 Å². The molecule has 0 saturated carbocycles. The predicted octanol–water partition coefficient (Wildman–Crippen LogP) is 4.06. The summed E-state index contributed by atoms with van der Waals surface area (Å²) in [6.45, 7) is 2.04. The average molecular weight is 386 g/mol. The van der Waals surface area contributed by atoms with Crippen molar-refractivity contribution in [2.45, 2.75) is 13.3 Å². The van der Waals surface area contributed by atoms with E-state index in [9.17, 15) is 9.59 Å². The molecule has 0 spiro atoms. The van der Waals surface area contributed by atoms with E-state index in [0.29, 0.717) is 5.56 Å². The summed E-state index contributed by atoms with van der Waals surface area (Å²) in [7, 11) is 0. The molecule has 2 aromatic carbocycles. The van der Waals surface area contributed by atoms with E-state index in [1.54, 1.807) is 6.92 Å². The van der Waals surface area contributed by atoms with Gasteiger partial charge in [0.15, 0.2) is 0 Å². The van der Waals surface area contributed by atoms with Crippen LogP contribution in [-0.4, -0.2) is 17.6 Å². The predicted molar refractivity (Wildman–Crippen MR) is 98.0 cm³/mol. The summed E-state index contributed by atoms with van der Waals surface area (Å²) in [5.74, 6) is -0.408. The summed E-state index contributed by atoms with van der Waals surface area (Å²) in [4.78, 5) is 27.4. The van der Waals surface area contributed by atoms with Crippen molar-refractivity contribution in [1.29, 1.82) is 0 Å². The van der Waals surface area contributed by atoms with Gasteiger partial charge in [0.1, 0.15) is 0 Å². The summed E-state index contributed by atoms with van der Waals surface area (Å²) in [6.07, 6.45) is -0.0597. The second kappa shape index (κ2) is 7.01. The molecule has 0 bridgehead atoms. The first-order valence-electron chi connectivity index (χ1n) is 7.65. The topological polar surface area (TPSA) is 59.2 Å². The Morgan fingerprint density at radius 2 is 1.96 bits per heavy atom. The minimum absolute atomic E-state index is 0.0597. The standard InChI is InChI=1S/C19H16BrNO3/c1-2-24-17(22)11-15-18(12-6-5-7-13(20)10-12)14-8-3-4-9-16(14)21-19(15)23/h3-10H,2,11H2,1H3,(H,21,23). The number of nitrogens with one attached hydrogen (secondary N) is 1. The molecule has 24 heavy (non-hydrogen) atoms. The number of carbonyl (C=O) groups is 1. The zero-order valence-corrected chi connectivity index (χ0v) is 14.7. The number of ether oxygens (including phenoxy) is 1. The van der Waals surface area contributed by atoms with Gasteiger partial charge < -0.3 is 9.72 Å². The summed E-state index contributed by atoms with van der Waals surface area (Å²) >= 11 is 3.46. The number of para-hydroxylation sites is 1. The monoisotopic (exact) mass is 385 g/mol. The van der Waals surface area contributed by atoms with E-state index in [-0.39, 0.29) is 18.6 Å². The van der Waals surface area contributed by atoms with Crippen LogP contribution in [-0.2, 0) is 16.0 Å². The normalized spacial score (nSPS) is 10.8. The number of benzene rings is 2. The summed E-state index contributed by atoms with van der Waals surface area (Å²) < 4.78 is 5.94. The Bertz CT molecular complexity index is 962. The molecule has 3 rings (SSSR count). The van der Waals surface area contributed by atoms with Gasteiger partial charge in [0, 0.05) is 26.5 Å². The second-order valence-corrected chi connectivity index (χ2v) is 6.26. The van der Waals surface area contributed by atoms with Gasteiger partial charge in [0.2, 0.25) is 0 Å². The fourth-order valence-corrected chi connectivity index (χ4v) is 3.18. The molecule has 0 aliphatic heterocycles. The van der Waals surface area contributed by atoms with Crippen LogP contribution in [0, 0.1) is 0 Å². The molecular weight excluding hydrogens is 370 g/mol. The van der Waals surface area contributed by atoms with Crippen molar-refractivity contribution < 1.29 is 9.53 Å². The van der Waals surface area contributed by atoms with Crippen LogP contribution in [0.2, 0.25) is 0 Å². The van der Waals surface area contributed by atoms with Gasteiger partial charge in [-0.2, -0.15) is 0 Å². The molecule has 0 aliphatic rings. The summed E-state index contributed by atoms with van der Waals surface area (Å²) in [5, 5.41) is 0.898. The lowest BCUT2D eigenvalue weighted by Gasteiger charge is -2.13. The third kappa shape index (κ3) is 3.26. The van der Waals surface area contributed by atoms with Crippen molar-refractivity contribution in [3.8, 4) is 11.1 Å². The zero-order valence-electron chi connectivity index (χ0n) is 13.1. The third-order valence-electron chi connectivity index (χ3n) is 3.76. The number of carbonyl (C=O) groups excluding carboxylic acids is 1. The number of esters is 1. The van der Waals surface area contributed by atoms with Crippen molar-refractivity contribution in [1.82, 2.24) is 4.98 Å². The highest BCUT2D eigenvalue weighted by Crippen LogP contribution is 2.31. The number of aromatic amines is 1. The number of rotatable bonds is 4. The van der Waals surface area contributed by atoms with Gasteiger partial charge >= 0.3 is 5.97 Å². The quantitative estimate of drug-likeness (QED) is 0.688. The molecule has 1 aromatic heterocycles. The Labute approximate surface area is 147 Å². The molecule has 1 heterocycles. The largest absolute Gasteiger partial charge is 0.466 e. The minimum Gasteiger partial charge on any atom is -0.466 e. The van der Waals surface area contributed by atoms with E-state index in [2.05, 4.69) is 20.9 Å². The first kappa shape index (κ1) is 16.5. The lowest BCUT2D eigenvalue weighted by Crippen LogP contribution is -2.19. The highest BCUT2D eigenvalue weighted by atomic mass is 79.9. The van der Waals surface area contributed by atoms with E-state index in [1.165, 1.54) is 0 Å². The van der Waals surface area contributed by atoms with Crippen LogP contribution in [0.3, 0.4) is 0 Å². The Balaban J connectivity index is 2.29. The molecule has 0 fully saturated rings. The first-order valence-corrected chi connectivity index (χ1v) is 8.45. The highest BCUT2D eigenvalue weighted by molar-refractivity contribution is 9.10. The van der Waals surface area contributed by atoms with Crippen molar-refractivity contribution in [3.63, 3.8) is 0 Å². The van der Waals surface area contributed by atoms with Crippen LogP contribution in [0.25, 0.3) is 22.0 Å². The molecular formula is C19H16BrNO3. The molecule has 122 valence electrons. The van der Waals surface area contributed by atoms with Gasteiger partial charge in [0.25, 0.3) is 5.56 Å². The van der Waals surface area contributed by atoms with Crippen molar-refractivity contribution in [2.75, 3.05) is 6.61 Å². The Morgan fingerprint density at radius 1 is 1.17 bits per heavy atom. The first-order chi connectivity index (χ1) is 11.6. The second-order valence-electron chi connectivity index (χ2n) is 5.35. The summed E-state index contributed by atoms with van der Waals surface area (Å²) in [6, 6.07) is 15.3. The third-order valence-corrected chi connectivity index (χ3v) is 4.25. The lowest BCUT2D eigenvalue weighted by molar-refractivity contribution is -0.142. The SMILES string of the molecule is CCOC(=O)Cc1c(-c2cccc(Br)c2)c2ccccc2[nH]c1=O. The Hall–Kier alpha value is -2.40. The molecule has 3 aromatic rings. The number of H-pyrrole nitrogens is 1. The Kier molecular flexibility index (Phi) is 4.81. The van der Waals surface area contributed by atoms with Crippen molar-refractivity contribution in [3.05, 3.63) is 68.9 Å². The molecule has 0 amide bonds. The molecule has 0 unspecified atom stereocenters. The number of hydrogen-bond donors (Lipinski definition) is 1. The molecule has 0 saturated heterocycles. The number of fused-ring (bicyclic) bond motifs is 1. The molecule has 0 radical (unpaired) electrons. The fourth-order valence-electron chi connectivity index (χ4n) is 2.78. The van der Waals surface area contributed by atoms with Crippen LogP contribution in [0.1, 0.15) is 12.5 Å². The minimum atomic E-state index is -0.408. The maximum atomic E-state index is 12.6. The average Bonchev–Trinajstić information content (AvgIpc) is 2.55. The summed E-state index contributed by atoms with van der Waals surface area (Å²) in [5.41, 5.74) is 2.54. The van der Waals surface area contributed by atoms with Gasteiger partial charge in [0.05, 0.1) is 13.0 Å². The zero-order chi connectivity index (χ0) is 17.1. The van der Waals surface area contributed by atoms with E-state index < -0.39 is 5.97 Å². The fraction of sp³-hybridized carbons (Fsp3) is 0.158. The van der Waals surface area contributed by atoms with Crippen LogP contribution in [0.15, 0.2) is 57.8 Å². The number of aromatic nitrogens is 1. The lowest BCUT2D eigenvalue weighted by atomic mass is 9.95. The van der Waals surface area contributed by atoms with Gasteiger partial charge in [-0.1, -0.05) is 46.3 Å². The van der Waals surface area contributed by atoms with E-state index in [4.69, 9.17) is 4.74 Å². The molecule has 1 N–H and O–H groups in total. The van der Waals surface area contributed by atoms with Gasteiger partial charge in [-0.05, 0) is 30.7 Å². The van der Waals surface area contributed by atoms with Crippen LogP contribution in [0.5, 0.6) is 0 Å². The van der Waals surface area contributed by atoms with Crippen LogP contribution >= 0.6 is 15.9 Å². The number of hydrogen-bond acceptors (Lipinski definition) is 3. The molecule has 4 nitrogen and oxygen atoms in total. The van der Waals surface area contributed by atoms with Crippen LogP contribution in [0.4, 0.5) is 0 Å². The number of halogens is 1. The molecule has 0 aliphatic carbocycles. The van der Waals surface area contributed by atoms with Gasteiger partial charge in [-0.25, -0.2) is 0 Å². The van der Waals surface area contributed by atoms with Gasteiger partial charge in [-0.15, -0.1) is 0 Å².